The first-order valence-electron chi connectivity index (χ1n) is 8.97. The van der Waals surface area contributed by atoms with Crippen LogP contribution in [-0.2, 0) is 16.2 Å². The molecule has 29 heavy (non-hydrogen) atoms. The van der Waals surface area contributed by atoms with E-state index < -0.39 is 21.8 Å². The summed E-state index contributed by atoms with van der Waals surface area (Å²) >= 11 is 0. The molecule has 1 aromatic heterocycles. The number of fused-ring (bicyclic) bond motifs is 1. The number of hydrogen-bond donors (Lipinski definition) is 1. The zero-order valence-electron chi connectivity index (χ0n) is 15.3. The van der Waals surface area contributed by atoms with Gasteiger partial charge in [0.1, 0.15) is 7.85 Å². The maximum Gasteiger partial charge on any atom is 0.418 e. The Bertz CT molecular complexity index is 1170. The summed E-state index contributed by atoms with van der Waals surface area (Å²) in [6.07, 6.45) is -4.05. The molecule has 1 fully saturated rings. The molecule has 0 aliphatic carbocycles. The quantitative estimate of drug-likeness (QED) is 0.661. The van der Waals surface area contributed by atoms with E-state index in [4.69, 9.17) is 7.85 Å². The second-order valence-corrected chi connectivity index (χ2v) is 8.64. The van der Waals surface area contributed by atoms with Crippen LogP contribution in [0.25, 0.3) is 10.9 Å². The Kier molecular flexibility index (Phi) is 4.86. The van der Waals surface area contributed by atoms with E-state index in [0.29, 0.717) is 42.0 Å². The molecule has 3 aromatic rings. The summed E-state index contributed by atoms with van der Waals surface area (Å²) in [5.41, 5.74) is -0.414. The van der Waals surface area contributed by atoms with E-state index in [1.165, 1.54) is 30.3 Å². The fraction of sp³-hybridized carbons (Fsp3) is 0.263. The Labute approximate surface area is 167 Å². The van der Waals surface area contributed by atoms with Crippen molar-refractivity contribution in [3.8, 4) is 0 Å². The molecule has 0 unspecified atom stereocenters. The molecule has 2 aromatic carbocycles. The van der Waals surface area contributed by atoms with Crippen LogP contribution in [0.1, 0.15) is 5.56 Å². The van der Waals surface area contributed by atoms with Gasteiger partial charge in [-0.25, -0.2) is 12.4 Å². The Morgan fingerprint density at radius 3 is 2.38 bits per heavy atom. The van der Waals surface area contributed by atoms with Crippen LogP contribution >= 0.6 is 0 Å². The Morgan fingerprint density at radius 1 is 1.03 bits per heavy atom. The Morgan fingerprint density at radius 2 is 1.72 bits per heavy atom. The van der Waals surface area contributed by atoms with Gasteiger partial charge in [0.15, 0.2) is 0 Å². The number of alkyl halides is 3. The van der Waals surface area contributed by atoms with Crippen LogP contribution in [0.3, 0.4) is 0 Å². The first kappa shape index (κ1) is 19.8. The number of halogens is 3. The molecule has 10 heteroatoms. The molecule has 1 aliphatic rings. The largest absolute Gasteiger partial charge is 0.418 e. The van der Waals surface area contributed by atoms with Gasteiger partial charge >= 0.3 is 6.18 Å². The summed E-state index contributed by atoms with van der Waals surface area (Å²) < 4.78 is 68.6. The van der Waals surface area contributed by atoms with Crippen molar-refractivity contribution in [2.24, 2.45) is 0 Å². The van der Waals surface area contributed by atoms with E-state index in [-0.39, 0.29) is 21.3 Å². The third kappa shape index (κ3) is 3.51. The summed E-state index contributed by atoms with van der Waals surface area (Å²) in [4.78, 5) is 1.67. The van der Waals surface area contributed by atoms with Gasteiger partial charge < -0.3 is 10.2 Å². The topological polar surface area (TPSA) is 54.3 Å². The molecule has 0 saturated carbocycles. The average Bonchev–Trinajstić information content (AvgIpc) is 3.10. The van der Waals surface area contributed by atoms with Crippen LogP contribution in [0, 0.1) is 0 Å². The highest BCUT2D eigenvalue weighted by molar-refractivity contribution is 7.90. The maximum atomic E-state index is 13.9. The van der Waals surface area contributed by atoms with Crippen molar-refractivity contribution in [3.05, 3.63) is 54.2 Å². The van der Waals surface area contributed by atoms with Crippen LogP contribution in [0.15, 0.2) is 53.6 Å². The van der Waals surface area contributed by atoms with Crippen LogP contribution < -0.4 is 15.7 Å². The molecule has 1 N–H and O–H groups in total. The van der Waals surface area contributed by atoms with E-state index in [9.17, 15) is 21.6 Å². The predicted octanol–water partition coefficient (Wildman–Crippen LogP) is 2.10. The normalized spacial score (nSPS) is 15.8. The molecule has 0 atom stereocenters. The molecule has 2 radical (unpaired) electrons. The summed E-state index contributed by atoms with van der Waals surface area (Å²) in [6.45, 7) is 2.34. The second-order valence-electron chi connectivity index (χ2n) is 6.82. The van der Waals surface area contributed by atoms with Crippen molar-refractivity contribution in [2.45, 2.75) is 11.1 Å². The number of nitrogens with one attached hydrogen (secondary N) is 1. The van der Waals surface area contributed by atoms with Crippen LogP contribution in [-0.4, -0.2) is 46.4 Å². The van der Waals surface area contributed by atoms with E-state index in [1.54, 1.807) is 12.1 Å². The molecule has 4 rings (SSSR count). The van der Waals surface area contributed by atoms with Gasteiger partial charge in [0.2, 0.25) is 0 Å². The van der Waals surface area contributed by atoms with Gasteiger partial charge in [-0.15, -0.1) is 0 Å². The fourth-order valence-electron chi connectivity index (χ4n) is 3.61. The van der Waals surface area contributed by atoms with Gasteiger partial charge in [0.25, 0.3) is 10.0 Å². The number of rotatable bonds is 3. The minimum absolute atomic E-state index is 0.0178. The van der Waals surface area contributed by atoms with Crippen molar-refractivity contribution >= 4 is 39.9 Å². The third-order valence-electron chi connectivity index (χ3n) is 4.95. The molecule has 0 amide bonds. The SMILES string of the molecule is [B]c1cccc(S(=O)(=O)n2cc(C(F)(F)F)c3c(N4CCNCC4)cccc32)c1. The highest BCUT2D eigenvalue weighted by Crippen LogP contribution is 2.41. The predicted molar refractivity (Wildman–Crippen MR) is 106 cm³/mol. The fourth-order valence-corrected chi connectivity index (χ4v) is 5.03. The molecule has 2 heterocycles. The number of aromatic nitrogens is 1. The number of piperazine rings is 1. The number of anilines is 1. The molecule has 0 bridgehead atoms. The summed E-state index contributed by atoms with van der Waals surface area (Å²) in [5, 5.41) is 3.04. The Hall–Kier alpha value is -2.46. The standard InChI is InChI=1S/C19H17BF3N3O2S/c20-13-3-1-4-14(11-13)29(27,28)26-12-15(19(21,22)23)18-16(5-2-6-17(18)26)25-9-7-24-8-10-25/h1-6,11-12,24H,7-10H2. The highest BCUT2D eigenvalue weighted by Gasteiger charge is 2.38. The monoisotopic (exact) mass is 419 g/mol. The molecule has 1 aliphatic heterocycles. The third-order valence-corrected chi connectivity index (χ3v) is 6.62. The molecule has 150 valence electrons. The maximum absolute atomic E-state index is 13.9. The second kappa shape index (κ2) is 7.10. The lowest BCUT2D eigenvalue weighted by molar-refractivity contribution is -0.136. The summed E-state index contributed by atoms with van der Waals surface area (Å²) in [6, 6.07) is 10.1. The van der Waals surface area contributed by atoms with E-state index in [0.717, 1.165) is 0 Å². The summed E-state index contributed by atoms with van der Waals surface area (Å²) in [5.74, 6) is 0. The van der Waals surface area contributed by atoms with Gasteiger partial charge in [-0.3, -0.25) is 0 Å². The van der Waals surface area contributed by atoms with Crippen LogP contribution in [0.5, 0.6) is 0 Å². The van der Waals surface area contributed by atoms with Crippen molar-refractivity contribution < 1.29 is 21.6 Å². The average molecular weight is 419 g/mol. The number of hydrogen-bond acceptors (Lipinski definition) is 4. The molecular weight excluding hydrogens is 402 g/mol. The Balaban J connectivity index is 1.99. The lowest BCUT2D eigenvalue weighted by Crippen LogP contribution is -2.43. The van der Waals surface area contributed by atoms with E-state index in [2.05, 4.69) is 5.32 Å². The molecule has 5 nitrogen and oxygen atoms in total. The van der Waals surface area contributed by atoms with Gasteiger partial charge in [0.05, 0.1) is 16.0 Å². The van der Waals surface area contributed by atoms with Gasteiger partial charge in [-0.2, -0.15) is 13.2 Å². The van der Waals surface area contributed by atoms with Crippen molar-refractivity contribution in [3.63, 3.8) is 0 Å². The van der Waals surface area contributed by atoms with E-state index >= 15 is 0 Å². The first-order valence-corrected chi connectivity index (χ1v) is 10.4. The molecular formula is C19H17BF3N3O2S. The van der Waals surface area contributed by atoms with Crippen LogP contribution in [0.2, 0.25) is 0 Å². The van der Waals surface area contributed by atoms with Crippen molar-refractivity contribution in [2.75, 3.05) is 31.1 Å². The molecule has 0 spiro atoms. The zero-order chi connectivity index (χ0) is 20.8. The van der Waals surface area contributed by atoms with Gasteiger partial charge in [-0.1, -0.05) is 23.7 Å². The zero-order valence-corrected chi connectivity index (χ0v) is 16.1. The van der Waals surface area contributed by atoms with E-state index in [1.807, 2.05) is 4.90 Å². The van der Waals surface area contributed by atoms with Crippen molar-refractivity contribution in [1.29, 1.82) is 0 Å². The van der Waals surface area contributed by atoms with Gasteiger partial charge in [0, 0.05) is 43.4 Å². The number of benzene rings is 2. The van der Waals surface area contributed by atoms with Crippen molar-refractivity contribution in [1.82, 2.24) is 9.29 Å². The summed E-state index contributed by atoms with van der Waals surface area (Å²) in [7, 11) is 1.41. The first-order chi connectivity index (χ1) is 13.7. The number of nitrogens with zero attached hydrogens (tertiary/aromatic N) is 2. The minimum Gasteiger partial charge on any atom is -0.368 e. The lowest BCUT2D eigenvalue weighted by atomic mass is 9.97. The highest BCUT2D eigenvalue weighted by atomic mass is 32.2. The van der Waals surface area contributed by atoms with Crippen LogP contribution in [0.4, 0.5) is 18.9 Å². The molecule has 1 saturated heterocycles. The smallest absolute Gasteiger partial charge is 0.368 e. The minimum atomic E-state index is -4.71. The van der Waals surface area contributed by atoms with Gasteiger partial charge in [-0.05, 0) is 24.3 Å². The lowest BCUT2D eigenvalue weighted by Gasteiger charge is -2.30.